The number of amidine groups is 1. The number of hydrogen-bond donors (Lipinski definition) is 0. The monoisotopic (exact) mass is 410 g/mol. The number of likely N-dealkylation sites (N-methyl/N-ethyl adjacent to an activating group) is 1. The topological polar surface area (TPSA) is 45.8 Å². The molecule has 0 saturated carbocycles. The molecule has 0 unspecified atom stereocenters. The van der Waals surface area contributed by atoms with Crippen molar-refractivity contribution in [3.63, 3.8) is 0 Å². The van der Waals surface area contributed by atoms with Crippen LogP contribution in [0, 0.1) is 0 Å². The second kappa shape index (κ2) is 6.55. The van der Waals surface area contributed by atoms with Crippen LogP contribution in [0.5, 0.6) is 0 Å². The molecule has 1 aromatic heterocycles. The first kappa shape index (κ1) is 16.4. The van der Waals surface area contributed by atoms with Gasteiger partial charge in [-0.2, -0.15) is 0 Å². The molecular formula is C16H12BrClN2O2S. The predicted molar refractivity (Wildman–Crippen MR) is 98.6 cm³/mol. The fourth-order valence-electron chi connectivity index (χ4n) is 2.11. The average molecular weight is 412 g/mol. The van der Waals surface area contributed by atoms with Gasteiger partial charge in [0.25, 0.3) is 5.91 Å². The SMILES string of the molecule is CN=C1S/C(=C/c2ccc(-c3ccc(Br)c(Cl)c3)o2)C(=O)N1C. The minimum Gasteiger partial charge on any atom is -0.457 e. The minimum absolute atomic E-state index is 0.0831. The zero-order valence-corrected chi connectivity index (χ0v) is 15.5. The predicted octanol–water partition coefficient (Wildman–Crippen LogP) is 4.89. The molecule has 1 aliphatic heterocycles. The van der Waals surface area contributed by atoms with E-state index in [1.807, 2.05) is 30.3 Å². The van der Waals surface area contributed by atoms with Gasteiger partial charge in [0.2, 0.25) is 0 Å². The van der Waals surface area contributed by atoms with Gasteiger partial charge >= 0.3 is 0 Å². The van der Waals surface area contributed by atoms with Crippen molar-refractivity contribution < 1.29 is 9.21 Å². The lowest BCUT2D eigenvalue weighted by atomic mass is 10.2. The van der Waals surface area contributed by atoms with Crippen molar-refractivity contribution in [2.75, 3.05) is 14.1 Å². The Morgan fingerprint density at radius 2 is 2.13 bits per heavy atom. The highest BCUT2D eigenvalue weighted by atomic mass is 79.9. The van der Waals surface area contributed by atoms with Crippen LogP contribution in [0.1, 0.15) is 5.76 Å². The zero-order chi connectivity index (χ0) is 16.6. The van der Waals surface area contributed by atoms with Crippen molar-refractivity contribution in [3.8, 4) is 11.3 Å². The molecule has 7 heteroatoms. The Kier molecular flexibility index (Phi) is 4.66. The molecule has 1 fully saturated rings. The molecule has 0 N–H and O–H groups in total. The summed E-state index contributed by atoms with van der Waals surface area (Å²) in [6.07, 6.45) is 1.73. The molecule has 1 aliphatic rings. The summed E-state index contributed by atoms with van der Waals surface area (Å²) in [5.74, 6) is 1.22. The number of furan rings is 1. The number of aliphatic imine (C=N–C) groups is 1. The Bertz CT molecular complexity index is 844. The largest absolute Gasteiger partial charge is 0.457 e. The fourth-order valence-corrected chi connectivity index (χ4v) is 3.45. The molecule has 1 amide bonds. The van der Waals surface area contributed by atoms with Gasteiger partial charge in [0, 0.05) is 30.2 Å². The van der Waals surface area contributed by atoms with Crippen LogP contribution in [0.3, 0.4) is 0 Å². The van der Waals surface area contributed by atoms with E-state index < -0.39 is 0 Å². The van der Waals surface area contributed by atoms with Crippen molar-refractivity contribution in [1.29, 1.82) is 0 Å². The molecule has 2 aromatic rings. The van der Waals surface area contributed by atoms with E-state index >= 15 is 0 Å². The lowest BCUT2D eigenvalue weighted by Gasteiger charge is -2.04. The summed E-state index contributed by atoms with van der Waals surface area (Å²) in [6, 6.07) is 9.29. The van der Waals surface area contributed by atoms with Crippen LogP contribution in [0.2, 0.25) is 5.02 Å². The van der Waals surface area contributed by atoms with Crippen LogP contribution in [-0.2, 0) is 4.79 Å². The second-order valence-electron chi connectivity index (χ2n) is 4.81. The maximum absolute atomic E-state index is 12.1. The van der Waals surface area contributed by atoms with E-state index in [2.05, 4.69) is 20.9 Å². The lowest BCUT2D eigenvalue weighted by Crippen LogP contribution is -2.23. The molecule has 0 spiro atoms. The normalized spacial score (nSPS) is 18.4. The summed E-state index contributed by atoms with van der Waals surface area (Å²) >= 11 is 10.8. The second-order valence-corrected chi connectivity index (χ2v) is 7.08. The molecule has 3 rings (SSSR count). The van der Waals surface area contributed by atoms with Gasteiger partial charge in [-0.05, 0) is 52.0 Å². The van der Waals surface area contributed by atoms with Crippen LogP contribution < -0.4 is 0 Å². The van der Waals surface area contributed by atoms with Gasteiger partial charge in [-0.15, -0.1) is 0 Å². The van der Waals surface area contributed by atoms with E-state index in [1.54, 1.807) is 20.2 Å². The molecule has 0 atom stereocenters. The molecule has 1 saturated heterocycles. The van der Waals surface area contributed by atoms with Crippen LogP contribution >= 0.6 is 39.3 Å². The molecule has 1 aromatic carbocycles. The highest BCUT2D eigenvalue weighted by Crippen LogP contribution is 2.33. The first-order valence-corrected chi connectivity index (χ1v) is 8.68. The quantitative estimate of drug-likeness (QED) is 0.661. The summed E-state index contributed by atoms with van der Waals surface area (Å²) < 4.78 is 6.64. The Morgan fingerprint density at radius 3 is 2.78 bits per heavy atom. The summed E-state index contributed by atoms with van der Waals surface area (Å²) in [5.41, 5.74) is 0.876. The molecule has 118 valence electrons. The molecule has 4 nitrogen and oxygen atoms in total. The summed E-state index contributed by atoms with van der Waals surface area (Å²) in [5, 5.41) is 1.29. The van der Waals surface area contributed by atoms with Crippen LogP contribution in [0.4, 0.5) is 0 Å². The summed E-state index contributed by atoms with van der Waals surface area (Å²) in [6.45, 7) is 0. The highest BCUT2D eigenvalue weighted by molar-refractivity contribution is 9.10. The number of thioether (sulfide) groups is 1. The van der Waals surface area contributed by atoms with E-state index in [9.17, 15) is 4.79 Å². The minimum atomic E-state index is -0.0831. The van der Waals surface area contributed by atoms with Gasteiger partial charge in [-0.3, -0.25) is 14.7 Å². The highest BCUT2D eigenvalue weighted by Gasteiger charge is 2.30. The third-order valence-electron chi connectivity index (χ3n) is 3.30. The number of hydrogen-bond acceptors (Lipinski definition) is 4. The van der Waals surface area contributed by atoms with Gasteiger partial charge in [0.05, 0.1) is 9.93 Å². The van der Waals surface area contributed by atoms with Gasteiger partial charge < -0.3 is 4.42 Å². The molecule has 23 heavy (non-hydrogen) atoms. The van der Waals surface area contributed by atoms with E-state index in [1.165, 1.54) is 16.7 Å². The molecular weight excluding hydrogens is 400 g/mol. The Morgan fingerprint density at radius 1 is 1.35 bits per heavy atom. The first-order valence-electron chi connectivity index (χ1n) is 6.69. The van der Waals surface area contributed by atoms with Gasteiger partial charge in [-0.1, -0.05) is 17.7 Å². The Labute approximate surface area is 151 Å². The van der Waals surface area contributed by atoms with Crippen LogP contribution in [-0.4, -0.2) is 30.1 Å². The number of carbonyl (C=O) groups is 1. The fraction of sp³-hybridized carbons (Fsp3) is 0.125. The van der Waals surface area contributed by atoms with Crippen molar-refractivity contribution in [2.45, 2.75) is 0 Å². The van der Waals surface area contributed by atoms with Crippen molar-refractivity contribution in [1.82, 2.24) is 4.90 Å². The van der Waals surface area contributed by atoms with E-state index in [4.69, 9.17) is 16.0 Å². The summed E-state index contributed by atoms with van der Waals surface area (Å²) in [7, 11) is 3.37. The van der Waals surface area contributed by atoms with Gasteiger partial charge in [0.15, 0.2) is 5.17 Å². The maximum atomic E-state index is 12.1. The van der Waals surface area contributed by atoms with E-state index in [-0.39, 0.29) is 5.91 Å². The van der Waals surface area contributed by atoms with E-state index in [0.29, 0.717) is 26.6 Å². The maximum Gasteiger partial charge on any atom is 0.266 e. The lowest BCUT2D eigenvalue weighted by molar-refractivity contribution is -0.121. The number of nitrogens with zero attached hydrogens (tertiary/aromatic N) is 2. The molecule has 0 aliphatic carbocycles. The average Bonchev–Trinajstić information content (AvgIpc) is 3.10. The van der Waals surface area contributed by atoms with Crippen LogP contribution in [0.25, 0.3) is 17.4 Å². The van der Waals surface area contributed by atoms with Crippen molar-refractivity contribution in [3.05, 3.63) is 50.5 Å². The number of rotatable bonds is 2. The molecule has 2 heterocycles. The third kappa shape index (κ3) is 3.24. The number of carbonyl (C=O) groups excluding carboxylic acids is 1. The van der Waals surface area contributed by atoms with Gasteiger partial charge in [-0.25, -0.2) is 0 Å². The molecule has 0 bridgehead atoms. The van der Waals surface area contributed by atoms with Crippen molar-refractivity contribution >= 4 is 56.4 Å². The number of halogens is 2. The smallest absolute Gasteiger partial charge is 0.266 e. The Balaban J connectivity index is 1.89. The summed E-state index contributed by atoms with van der Waals surface area (Å²) in [4.78, 5) is 18.3. The Hall–Kier alpha value is -1.50. The zero-order valence-electron chi connectivity index (χ0n) is 12.3. The third-order valence-corrected chi connectivity index (χ3v) is 5.68. The number of benzene rings is 1. The van der Waals surface area contributed by atoms with Gasteiger partial charge in [0.1, 0.15) is 11.5 Å². The van der Waals surface area contributed by atoms with E-state index in [0.717, 1.165) is 10.0 Å². The first-order chi connectivity index (χ1) is 11.0. The van der Waals surface area contributed by atoms with Crippen molar-refractivity contribution in [2.24, 2.45) is 4.99 Å². The van der Waals surface area contributed by atoms with Crippen LogP contribution in [0.15, 0.2) is 49.1 Å². The standard InChI is InChI=1S/C16H12BrClN2O2S/c1-19-16-20(2)15(21)14(23-16)8-10-4-6-13(22-10)9-3-5-11(17)12(18)7-9/h3-8H,1-2H3/b14-8+,19-16?. The molecule has 0 radical (unpaired) electrons. The number of amides is 1.